The lowest BCUT2D eigenvalue weighted by Gasteiger charge is -2.26. The largest absolute Gasteiger partial charge is 0.469 e. The van der Waals surface area contributed by atoms with Gasteiger partial charge in [0, 0.05) is 0 Å². The van der Waals surface area contributed by atoms with Gasteiger partial charge in [0.05, 0.1) is 6.26 Å². The molecule has 1 saturated carbocycles. The number of hydrogen-bond acceptors (Lipinski definition) is 3. The first-order valence-corrected chi connectivity index (χ1v) is 7.44. The molecule has 0 aromatic carbocycles. The zero-order valence-corrected chi connectivity index (χ0v) is 12.3. The average Bonchev–Trinajstić information content (AvgIpc) is 2.46. The molecule has 3 heteroatoms. The molecule has 0 aromatic rings. The summed E-state index contributed by atoms with van der Waals surface area (Å²) in [6.45, 7) is 3.78. The van der Waals surface area contributed by atoms with E-state index < -0.39 is 18.0 Å². The Balaban J connectivity index is 1.88. The zero-order valence-electron chi connectivity index (χ0n) is 12.3. The molecule has 3 nitrogen and oxygen atoms in total. The van der Waals surface area contributed by atoms with Crippen molar-refractivity contribution in [2.24, 2.45) is 5.92 Å². The van der Waals surface area contributed by atoms with Crippen LogP contribution in [0.2, 0.25) is 0 Å². The number of aliphatic hydroxyl groups excluding tert-OH is 1. The third-order valence-electron chi connectivity index (χ3n) is 3.70. The van der Waals surface area contributed by atoms with Crippen molar-refractivity contribution in [1.82, 2.24) is 0 Å². The normalized spacial score (nSPS) is 24.6. The average molecular weight is 276 g/mol. The molecule has 110 valence electrons. The van der Waals surface area contributed by atoms with Crippen LogP contribution < -0.4 is 0 Å². The van der Waals surface area contributed by atoms with E-state index in [2.05, 4.69) is 11.8 Å². The highest BCUT2D eigenvalue weighted by Gasteiger charge is 2.23. The molecular weight excluding hydrogens is 252 g/mol. The van der Waals surface area contributed by atoms with Crippen molar-refractivity contribution in [3.05, 3.63) is 24.5 Å². The van der Waals surface area contributed by atoms with Gasteiger partial charge in [0.2, 0.25) is 6.29 Å². The fourth-order valence-corrected chi connectivity index (χ4v) is 2.57. The highest BCUT2D eigenvalue weighted by molar-refractivity contribution is 5.16. The van der Waals surface area contributed by atoms with Crippen molar-refractivity contribution in [3.8, 4) is 11.8 Å². The van der Waals surface area contributed by atoms with Crippen LogP contribution in [0.25, 0.3) is 0 Å². The first-order valence-electron chi connectivity index (χ1n) is 7.44. The molecule has 1 aliphatic carbocycles. The lowest BCUT2D eigenvalue weighted by atomic mass is 9.85. The summed E-state index contributed by atoms with van der Waals surface area (Å²) in [5.74, 6) is 6.33. The monoisotopic (exact) mass is 276 g/mol. The fraction of sp³-hybridized carbons (Fsp3) is 0.647. The predicted octanol–water partition coefficient (Wildman–Crippen LogP) is 3.15. The smallest absolute Gasteiger partial charge is 0.220 e. The molecule has 1 heterocycles. The van der Waals surface area contributed by atoms with Gasteiger partial charge in [0.25, 0.3) is 0 Å². The first kappa shape index (κ1) is 15.2. The summed E-state index contributed by atoms with van der Waals surface area (Å²) in [4.78, 5) is 0. The van der Waals surface area contributed by atoms with Crippen LogP contribution in [-0.4, -0.2) is 23.1 Å². The molecule has 2 atom stereocenters. The molecule has 2 rings (SSSR count). The van der Waals surface area contributed by atoms with E-state index >= 15 is 0 Å². The minimum absolute atomic E-state index is 0.320. The Hall–Kier alpha value is -1.24. The number of hydrogen-bond donors (Lipinski definition) is 1. The summed E-state index contributed by atoms with van der Waals surface area (Å²) in [7, 11) is 0. The second-order valence-electron chi connectivity index (χ2n) is 5.96. The van der Waals surface area contributed by atoms with E-state index in [1.807, 2.05) is 32.1 Å². The number of allylic oxidation sites excluding steroid dienone is 2. The van der Waals surface area contributed by atoms with E-state index in [-0.39, 0.29) is 0 Å². The van der Waals surface area contributed by atoms with Gasteiger partial charge in [-0.25, -0.2) is 0 Å². The summed E-state index contributed by atoms with van der Waals surface area (Å²) in [6.07, 6.45) is 12.0. The van der Waals surface area contributed by atoms with Gasteiger partial charge in [-0.3, -0.25) is 0 Å². The lowest BCUT2D eigenvalue weighted by molar-refractivity contribution is -0.128. The van der Waals surface area contributed by atoms with Gasteiger partial charge >= 0.3 is 0 Å². The van der Waals surface area contributed by atoms with E-state index in [9.17, 15) is 5.11 Å². The van der Waals surface area contributed by atoms with E-state index in [0.717, 1.165) is 12.8 Å². The number of rotatable bonds is 3. The maximum absolute atomic E-state index is 10.2. The summed E-state index contributed by atoms with van der Waals surface area (Å²) in [5, 5.41) is 10.2. The third kappa shape index (κ3) is 4.70. The molecule has 20 heavy (non-hydrogen) atoms. The standard InChI is InChI=1S/C17H24O3/c1-17(2,20-16-10-6-7-13-19-16)12-11-15(18)14-8-4-3-5-9-14/h6-7,10,13-16,18H,3-5,8-9H2,1-2H3/t15?,16-/m1/s1. The molecule has 0 aromatic heterocycles. The van der Waals surface area contributed by atoms with Gasteiger partial charge in [0.15, 0.2) is 0 Å². The zero-order chi connectivity index (χ0) is 14.4. The second-order valence-corrected chi connectivity index (χ2v) is 5.96. The van der Waals surface area contributed by atoms with Crippen LogP contribution in [-0.2, 0) is 9.47 Å². The molecule has 1 N–H and O–H groups in total. The van der Waals surface area contributed by atoms with Crippen LogP contribution in [0.15, 0.2) is 24.5 Å². The van der Waals surface area contributed by atoms with Crippen molar-refractivity contribution < 1.29 is 14.6 Å². The molecule has 0 saturated heterocycles. The maximum Gasteiger partial charge on any atom is 0.220 e. The molecule has 0 spiro atoms. The number of aliphatic hydroxyl groups is 1. The molecule has 0 bridgehead atoms. The Labute approximate surface area is 121 Å². The highest BCUT2D eigenvalue weighted by atomic mass is 16.7. The van der Waals surface area contributed by atoms with Crippen LogP contribution in [0.3, 0.4) is 0 Å². The molecule has 1 fully saturated rings. The van der Waals surface area contributed by atoms with E-state index in [1.165, 1.54) is 19.3 Å². The van der Waals surface area contributed by atoms with Crippen LogP contribution >= 0.6 is 0 Å². The summed E-state index contributed by atoms with van der Waals surface area (Å²) in [5.41, 5.74) is -0.643. The van der Waals surface area contributed by atoms with Crippen LogP contribution in [0.4, 0.5) is 0 Å². The van der Waals surface area contributed by atoms with Crippen molar-refractivity contribution in [1.29, 1.82) is 0 Å². The summed E-state index contributed by atoms with van der Waals surface area (Å²) in [6, 6.07) is 0. The Morgan fingerprint density at radius 1 is 1.25 bits per heavy atom. The third-order valence-corrected chi connectivity index (χ3v) is 3.70. The van der Waals surface area contributed by atoms with E-state index in [4.69, 9.17) is 9.47 Å². The van der Waals surface area contributed by atoms with Crippen LogP contribution in [0.1, 0.15) is 46.0 Å². The van der Waals surface area contributed by atoms with Crippen molar-refractivity contribution in [3.63, 3.8) is 0 Å². The highest BCUT2D eigenvalue weighted by Crippen LogP contribution is 2.26. The van der Waals surface area contributed by atoms with Gasteiger partial charge in [-0.1, -0.05) is 37.2 Å². The van der Waals surface area contributed by atoms with Gasteiger partial charge in [-0.15, -0.1) is 0 Å². The summed E-state index contributed by atoms with van der Waals surface area (Å²) >= 11 is 0. The Morgan fingerprint density at radius 2 is 2.00 bits per heavy atom. The minimum Gasteiger partial charge on any atom is -0.469 e. The lowest BCUT2D eigenvalue weighted by Crippen LogP contribution is -2.30. The molecule has 2 aliphatic rings. The van der Waals surface area contributed by atoms with Crippen molar-refractivity contribution in [2.75, 3.05) is 0 Å². The quantitative estimate of drug-likeness (QED) is 0.805. The first-order chi connectivity index (χ1) is 9.57. The van der Waals surface area contributed by atoms with Gasteiger partial charge in [-0.2, -0.15) is 0 Å². The Kier molecular flexibility index (Phi) is 5.28. The maximum atomic E-state index is 10.2. The minimum atomic E-state index is -0.643. The SMILES string of the molecule is CC(C)(C#CC(O)C1CCCCC1)O[C@@H]1C=CC=CO1. The van der Waals surface area contributed by atoms with Gasteiger partial charge in [0.1, 0.15) is 11.7 Å². The van der Waals surface area contributed by atoms with Crippen LogP contribution in [0, 0.1) is 17.8 Å². The molecular formula is C17H24O3. The van der Waals surface area contributed by atoms with Crippen LogP contribution in [0.5, 0.6) is 0 Å². The van der Waals surface area contributed by atoms with E-state index in [0.29, 0.717) is 5.92 Å². The number of ether oxygens (including phenoxy) is 2. The Morgan fingerprint density at radius 3 is 2.65 bits per heavy atom. The molecule has 0 radical (unpaired) electrons. The summed E-state index contributed by atoms with van der Waals surface area (Å²) < 4.78 is 11.1. The Bertz CT molecular complexity index is 419. The topological polar surface area (TPSA) is 38.7 Å². The molecule has 1 aliphatic heterocycles. The molecule has 0 amide bonds. The molecule has 1 unspecified atom stereocenters. The van der Waals surface area contributed by atoms with Crippen molar-refractivity contribution in [2.45, 2.75) is 63.9 Å². The van der Waals surface area contributed by atoms with E-state index in [1.54, 1.807) is 6.26 Å². The fourth-order valence-electron chi connectivity index (χ4n) is 2.57. The van der Waals surface area contributed by atoms with Crippen molar-refractivity contribution >= 4 is 0 Å². The van der Waals surface area contributed by atoms with Gasteiger partial charge < -0.3 is 14.6 Å². The van der Waals surface area contributed by atoms with Gasteiger partial charge in [-0.05, 0) is 44.8 Å². The predicted molar refractivity (Wildman–Crippen MR) is 78.7 cm³/mol. The second kappa shape index (κ2) is 6.97.